The molecule has 0 aromatic heterocycles. The Bertz CT molecular complexity index is 432. The van der Waals surface area contributed by atoms with Crippen molar-refractivity contribution in [2.45, 2.75) is 19.7 Å². The van der Waals surface area contributed by atoms with Crippen LogP contribution in [0.4, 0.5) is 18.9 Å². The Kier molecular flexibility index (Phi) is 4.41. The van der Waals surface area contributed by atoms with Gasteiger partial charge in [0.15, 0.2) is 0 Å². The fourth-order valence-corrected chi connectivity index (χ4v) is 1.35. The highest BCUT2D eigenvalue weighted by Crippen LogP contribution is 2.30. The minimum atomic E-state index is -4.84. The predicted octanol–water partition coefficient (Wildman–Crippen LogP) is 2.27. The normalized spacial score (nSPS) is 11.1. The first kappa shape index (κ1) is 14.1. The molecule has 4 nitrogen and oxygen atoms in total. The van der Waals surface area contributed by atoms with Crippen molar-refractivity contribution in [3.05, 3.63) is 23.8 Å². The summed E-state index contributed by atoms with van der Waals surface area (Å²) in [5.41, 5.74) is 5.54. The van der Waals surface area contributed by atoms with Crippen LogP contribution in [0.25, 0.3) is 0 Å². The third-order valence-electron chi connectivity index (χ3n) is 2.02. The van der Waals surface area contributed by atoms with Crippen molar-refractivity contribution in [3.8, 4) is 5.75 Å². The van der Waals surface area contributed by atoms with Gasteiger partial charge in [-0.05, 0) is 19.1 Å². The Morgan fingerprint density at radius 1 is 1.39 bits per heavy atom. The highest BCUT2D eigenvalue weighted by Gasteiger charge is 2.32. The lowest BCUT2D eigenvalue weighted by Gasteiger charge is -2.14. The molecule has 18 heavy (non-hydrogen) atoms. The summed E-state index contributed by atoms with van der Waals surface area (Å²) < 4.78 is 44.9. The van der Waals surface area contributed by atoms with E-state index in [2.05, 4.69) is 9.47 Å². The van der Waals surface area contributed by atoms with Crippen LogP contribution in [0.1, 0.15) is 12.5 Å². The summed E-state index contributed by atoms with van der Waals surface area (Å²) in [4.78, 5) is 11.3. The van der Waals surface area contributed by atoms with E-state index in [1.165, 1.54) is 12.1 Å². The SMILES string of the molecule is CCOC(=O)Cc1c(N)cccc1OC(F)(F)F. The Morgan fingerprint density at radius 3 is 2.61 bits per heavy atom. The van der Waals surface area contributed by atoms with Crippen molar-refractivity contribution in [1.82, 2.24) is 0 Å². The summed E-state index contributed by atoms with van der Waals surface area (Å²) in [7, 11) is 0. The molecule has 1 aromatic carbocycles. The number of halogens is 3. The van der Waals surface area contributed by atoms with Crippen LogP contribution in [0.2, 0.25) is 0 Å². The standard InChI is InChI=1S/C11H12F3NO3/c1-2-17-10(16)6-7-8(15)4-3-5-9(7)18-11(12,13)14/h3-5H,2,6,15H2,1H3. The first-order valence-electron chi connectivity index (χ1n) is 5.12. The Labute approximate surface area is 101 Å². The number of alkyl halides is 3. The number of rotatable bonds is 4. The molecule has 0 radical (unpaired) electrons. The quantitative estimate of drug-likeness (QED) is 0.668. The van der Waals surface area contributed by atoms with E-state index in [1.807, 2.05) is 0 Å². The van der Waals surface area contributed by atoms with Crippen LogP contribution in [0, 0.1) is 0 Å². The predicted molar refractivity (Wildman–Crippen MR) is 57.9 cm³/mol. The molecule has 0 fully saturated rings. The van der Waals surface area contributed by atoms with Gasteiger partial charge in [-0.15, -0.1) is 13.2 Å². The number of carbonyl (C=O) groups is 1. The summed E-state index contributed by atoms with van der Waals surface area (Å²) >= 11 is 0. The van der Waals surface area contributed by atoms with Gasteiger partial charge in [0.25, 0.3) is 0 Å². The van der Waals surface area contributed by atoms with Crippen LogP contribution in [0.3, 0.4) is 0 Å². The lowest BCUT2D eigenvalue weighted by Crippen LogP contribution is -2.19. The molecule has 0 spiro atoms. The fraction of sp³-hybridized carbons (Fsp3) is 0.364. The summed E-state index contributed by atoms with van der Waals surface area (Å²) in [6, 6.07) is 3.79. The van der Waals surface area contributed by atoms with Crippen LogP contribution in [-0.4, -0.2) is 18.9 Å². The molecule has 0 aliphatic carbocycles. The topological polar surface area (TPSA) is 61.5 Å². The summed E-state index contributed by atoms with van der Waals surface area (Å²) in [5, 5.41) is 0. The third kappa shape index (κ3) is 4.15. The highest BCUT2D eigenvalue weighted by molar-refractivity contribution is 5.76. The maximum atomic E-state index is 12.2. The molecule has 0 amide bonds. The number of nitrogen functional groups attached to an aromatic ring is 1. The Morgan fingerprint density at radius 2 is 2.06 bits per heavy atom. The van der Waals surface area contributed by atoms with E-state index < -0.39 is 18.1 Å². The van der Waals surface area contributed by atoms with Gasteiger partial charge in [-0.2, -0.15) is 0 Å². The number of benzene rings is 1. The number of hydrogen-bond acceptors (Lipinski definition) is 4. The molecule has 0 heterocycles. The minimum Gasteiger partial charge on any atom is -0.466 e. The number of carbonyl (C=O) groups excluding carboxylic acids is 1. The van der Waals surface area contributed by atoms with E-state index >= 15 is 0 Å². The highest BCUT2D eigenvalue weighted by atomic mass is 19.4. The van der Waals surface area contributed by atoms with E-state index in [4.69, 9.17) is 5.73 Å². The van der Waals surface area contributed by atoms with E-state index in [0.717, 1.165) is 6.07 Å². The second-order valence-corrected chi connectivity index (χ2v) is 3.35. The molecule has 100 valence electrons. The van der Waals surface area contributed by atoms with Crippen molar-refractivity contribution in [2.75, 3.05) is 12.3 Å². The second kappa shape index (κ2) is 5.61. The molecule has 0 saturated heterocycles. The molecule has 7 heteroatoms. The van der Waals surface area contributed by atoms with Crippen molar-refractivity contribution in [1.29, 1.82) is 0 Å². The second-order valence-electron chi connectivity index (χ2n) is 3.35. The van der Waals surface area contributed by atoms with E-state index in [0.29, 0.717) is 0 Å². The zero-order chi connectivity index (χ0) is 13.8. The molecule has 0 aliphatic heterocycles. The maximum Gasteiger partial charge on any atom is 0.573 e. The van der Waals surface area contributed by atoms with Gasteiger partial charge < -0.3 is 15.2 Å². The summed E-state index contributed by atoms with van der Waals surface area (Å²) in [6.45, 7) is 1.74. The molecule has 0 saturated carbocycles. The molecule has 1 rings (SSSR count). The van der Waals surface area contributed by atoms with Crippen molar-refractivity contribution >= 4 is 11.7 Å². The fourth-order valence-electron chi connectivity index (χ4n) is 1.35. The van der Waals surface area contributed by atoms with Crippen LogP contribution < -0.4 is 10.5 Å². The Hall–Kier alpha value is -1.92. The number of hydrogen-bond donors (Lipinski definition) is 1. The van der Waals surface area contributed by atoms with Crippen LogP contribution >= 0.6 is 0 Å². The van der Waals surface area contributed by atoms with Crippen molar-refractivity contribution in [2.24, 2.45) is 0 Å². The largest absolute Gasteiger partial charge is 0.573 e. The lowest BCUT2D eigenvalue weighted by molar-refractivity contribution is -0.274. The first-order valence-corrected chi connectivity index (χ1v) is 5.12. The molecule has 1 aromatic rings. The van der Waals surface area contributed by atoms with Gasteiger partial charge in [0.2, 0.25) is 0 Å². The number of nitrogens with two attached hydrogens (primary N) is 1. The molecule has 0 aliphatic rings. The van der Waals surface area contributed by atoms with Gasteiger partial charge in [-0.25, -0.2) is 0 Å². The average molecular weight is 263 g/mol. The van der Waals surface area contributed by atoms with Crippen molar-refractivity contribution in [3.63, 3.8) is 0 Å². The monoisotopic (exact) mass is 263 g/mol. The zero-order valence-corrected chi connectivity index (χ0v) is 9.58. The molecular formula is C11H12F3NO3. The van der Waals surface area contributed by atoms with Crippen LogP contribution in [0.5, 0.6) is 5.75 Å². The minimum absolute atomic E-state index is 0.0340. The number of esters is 1. The van der Waals surface area contributed by atoms with E-state index in [1.54, 1.807) is 6.92 Å². The zero-order valence-electron chi connectivity index (χ0n) is 9.58. The van der Waals surface area contributed by atoms with Gasteiger partial charge in [0, 0.05) is 11.3 Å². The van der Waals surface area contributed by atoms with Gasteiger partial charge in [0.05, 0.1) is 13.0 Å². The Balaban J connectivity index is 2.97. The van der Waals surface area contributed by atoms with Crippen LogP contribution in [0.15, 0.2) is 18.2 Å². The van der Waals surface area contributed by atoms with Crippen molar-refractivity contribution < 1.29 is 27.4 Å². The average Bonchev–Trinajstić information content (AvgIpc) is 2.21. The van der Waals surface area contributed by atoms with Gasteiger partial charge >= 0.3 is 12.3 Å². The smallest absolute Gasteiger partial charge is 0.466 e. The first-order chi connectivity index (χ1) is 8.33. The molecule has 0 atom stereocenters. The maximum absolute atomic E-state index is 12.2. The molecule has 0 unspecified atom stereocenters. The van der Waals surface area contributed by atoms with Gasteiger partial charge in [-0.1, -0.05) is 6.07 Å². The molecule has 0 bridgehead atoms. The summed E-state index contributed by atoms with van der Waals surface area (Å²) in [6.07, 6.45) is -5.21. The molecule has 2 N–H and O–H groups in total. The summed E-state index contributed by atoms with van der Waals surface area (Å²) in [5.74, 6) is -1.15. The van der Waals surface area contributed by atoms with Gasteiger partial charge in [0.1, 0.15) is 5.75 Å². The number of ether oxygens (including phenoxy) is 2. The molecular weight excluding hydrogens is 251 g/mol. The van der Waals surface area contributed by atoms with Gasteiger partial charge in [-0.3, -0.25) is 4.79 Å². The van der Waals surface area contributed by atoms with E-state index in [9.17, 15) is 18.0 Å². The van der Waals surface area contributed by atoms with E-state index in [-0.39, 0.29) is 24.3 Å². The third-order valence-corrected chi connectivity index (χ3v) is 2.02. The van der Waals surface area contributed by atoms with Crippen LogP contribution in [-0.2, 0) is 16.0 Å². The number of anilines is 1. The lowest BCUT2D eigenvalue weighted by atomic mass is 10.1.